The fourth-order valence-electron chi connectivity index (χ4n) is 4.21. The fourth-order valence-corrected chi connectivity index (χ4v) is 4.21. The van der Waals surface area contributed by atoms with E-state index in [1.54, 1.807) is 12.4 Å². The monoisotopic (exact) mass is 420 g/mol. The molecular weight excluding hydrogens is 392 g/mol. The molecule has 4 rings (SSSR count). The van der Waals surface area contributed by atoms with Gasteiger partial charge < -0.3 is 10.6 Å². The molecule has 1 atom stereocenters. The molecule has 1 fully saturated rings. The Bertz CT molecular complexity index is 1060. The number of hydrogen-bond acceptors (Lipinski definition) is 6. The molecule has 1 amide bonds. The molecule has 0 bridgehead atoms. The van der Waals surface area contributed by atoms with E-state index >= 15 is 0 Å². The van der Waals surface area contributed by atoms with Crippen molar-refractivity contribution in [1.29, 1.82) is 0 Å². The van der Waals surface area contributed by atoms with Crippen molar-refractivity contribution in [1.82, 2.24) is 20.1 Å². The Morgan fingerprint density at radius 1 is 1.19 bits per heavy atom. The molecule has 1 aliphatic rings. The van der Waals surface area contributed by atoms with Crippen LogP contribution in [0.1, 0.15) is 61.5 Å². The highest BCUT2D eigenvalue weighted by Crippen LogP contribution is 2.31. The number of rotatable bonds is 7. The van der Waals surface area contributed by atoms with E-state index in [0.717, 1.165) is 48.0 Å². The normalized spacial score (nSPS) is 19.7. The number of fused-ring (bicyclic) bond motifs is 1. The third kappa shape index (κ3) is 4.42. The molecule has 8 heteroatoms. The first-order valence-electron chi connectivity index (χ1n) is 10.9. The van der Waals surface area contributed by atoms with Crippen molar-refractivity contribution in [2.75, 3.05) is 5.32 Å². The first kappa shape index (κ1) is 21.0. The average molecular weight is 421 g/mol. The maximum atomic E-state index is 13.2. The summed E-state index contributed by atoms with van der Waals surface area (Å²) in [6.07, 6.45) is 6.59. The van der Waals surface area contributed by atoms with Gasteiger partial charge in [-0.05, 0) is 45.1 Å². The van der Waals surface area contributed by atoms with Crippen LogP contribution < -0.4 is 10.6 Å². The SMILES string of the molecule is CCn1ncc2c(NC3CCC(N=O)CC3)c(C(=O)NC(C)c3ccccc3)cnc21. The summed E-state index contributed by atoms with van der Waals surface area (Å²) in [4.78, 5) is 28.6. The zero-order valence-corrected chi connectivity index (χ0v) is 17.9. The number of aromatic nitrogens is 3. The number of carbonyl (C=O) groups excluding carboxylic acids is 1. The summed E-state index contributed by atoms with van der Waals surface area (Å²) in [7, 11) is 0. The number of benzene rings is 1. The molecule has 8 nitrogen and oxygen atoms in total. The zero-order valence-electron chi connectivity index (χ0n) is 17.9. The lowest BCUT2D eigenvalue weighted by molar-refractivity contribution is 0.0940. The van der Waals surface area contributed by atoms with Crippen LogP contribution in [0.3, 0.4) is 0 Å². The van der Waals surface area contributed by atoms with Gasteiger partial charge in [-0.25, -0.2) is 9.67 Å². The van der Waals surface area contributed by atoms with E-state index in [2.05, 4.69) is 25.9 Å². The number of pyridine rings is 1. The van der Waals surface area contributed by atoms with E-state index < -0.39 is 0 Å². The summed E-state index contributed by atoms with van der Waals surface area (Å²) in [6, 6.07) is 9.80. The minimum absolute atomic E-state index is 0.104. The molecule has 0 spiro atoms. The largest absolute Gasteiger partial charge is 0.381 e. The first-order chi connectivity index (χ1) is 15.1. The van der Waals surface area contributed by atoms with Gasteiger partial charge in [0.2, 0.25) is 0 Å². The van der Waals surface area contributed by atoms with Crippen molar-refractivity contribution in [3.63, 3.8) is 0 Å². The van der Waals surface area contributed by atoms with Gasteiger partial charge >= 0.3 is 0 Å². The lowest BCUT2D eigenvalue weighted by Gasteiger charge is -2.27. The van der Waals surface area contributed by atoms with Gasteiger partial charge in [-0.2, -0.15) is 10.0 Å². The van der Waals surface area contributed by atoms with Crippen molar-refractivity contribution in [2.24, 2.45) is 5.18 Å². The molecule has 1 unspecified atom stereocenters. The number of nitroso groups, excluding NO2 is 1. The molecule has 1 aromatic carbocycles. The van der Waals surface area contributed by atoms with Crippen molar-refractivity contribution in [3.8, 4) is 0 Å². The van der Waals surface area contributed by atoms with E-state index in [0.29, 0.717) is 12.1 Å². The van der Waals surface area contributed by atoms with E-state index in [9.17, 15) is 9.70 Å². The van der Waals surface area contributed by atoms with Crippen LogP contribution in [0.15, 0.2) is 47.9 Å². The predicted molar refractivity (Wildman–Crippen MR) is 121 cm³/mol. The highest BCUT2D eigenvalue weighted by Gasteiger charge is 2.25. The third-order valence-corrected chi connectivity index (χ3v) is 6.05. The number of anilines is 1. The molecule has 2 N–H and O–H groups in total. The molecule has 2 heterocycles. The third-order valence-electron chi connectivity index (χ3n) is 6.05. The van der Waals surface area contributed by atoms with Crippen LogP contribution in [-0.2, 0) is 6.54 Å². The fraction of sp³-hybridized carbons (Fsp3) is 0.435. The van der Waals surface area contributed by atoms with Gasteiger partial charge in [0.1, 0.15) is 0 Å². The molecule has 0 radical (unpaired) electrons. The Balaban J connectivity index is 1.63. The van der Waals surface area contributed by atoms with Gasteiger partial charge in [-0.3, -0.25) is 4.79 Å². The number of aryl methyl sites for hydroxylation is 1. The lowest BCUT2D eigenvalue weighted by Crippen LogP contribution is -2.31. The van der Waals surface area contributed by atoms with Crippen LogP contribution in [0.2, 0.25) is 0 Å². The second kappa shape index (κ2) is 9.24. The Hall–Kier alpha value is -3.29. The summed E-state index contributed by atoms with van der Waals surface area (Å²) in [5, 5.41) is 15.1. The van der Waals surface area contributed by atoms with Crippen molar-refractivity contribution in [2.45, 2.75) is 64.2 Å². The Morgan fingerprint density at radius 2 is 1.94 bits per heavy atom. The van der Waals surface area contributed by atoms with Crippen molar-refractivity contribution in [3.05, 3.63) is 58.8 Å². The summed E-state index contributed by atoms with van der Waals surface area (Å²) < 4.78 is 1.82. The maximum Gasteiger partial charge on any atom is 0.255 e. The number of nitrogens with one attached hydrogen (secondary N) is 2. The van der Waals surface area contributed by atoms with Crippen LogP contribution >= 0.6 is 0 Å². The average Bonchev–Trinajstić information content (AvgIpc) is 3.24. The van der Waals surface area contributed by atoms with E-state index in [4.69, 9.17) is 0 Å². The highest BCUT2D eigenvalue weighted by molar-refractivity contribution is 6.06. The molecule has 1 aliphatic carbocycles. The topological polar surface area (TPSA) is 101 Å². The minimum Gasteiger partial charge on any atom is -0.381 e. The van der Waals surface area contributed by atoms with Crippen LogP contribution in [0.5, 0.6) is 0 Å². The van der Waals surface area contributed by atoms with Crippen LogP contribution in [0, 0.1) is 4.91 Å². The molecule has 3 aromatic rings. The van der Waals surface area contributed by atoms with Crippen LogP contribution in [-0.4, -0.2) is 32.8 Å². The molecular formula is C23H28N6O2. The highest BCUT2D eigenvalue weighted by atomic mass is 16.3. The second-order valence-electron chi connectivity index (χ2n) is 8.11. The summed E-state index contributed by atoms with van der Waals surface area (Å²) >= 11 is 0. The van der Waals surface area contributed by atoms with Crippen LogP contribution in [0.25, 0.3) is 11.0 Å². The second-order valence-corrected chi connectivity index (χ2v) is 8.11. The summed E-state index contributed by atoms with van der Waals surface area (Å²) in [5.74, 6) is -0.180. The molecule has 162 valence electrons. The number of hydrogen-bond donors (Lipinski definition) is 2. The lowest BCUT2D eigenvalue weighted by atomic mass is 9.91. The standard InChI is InChI=1S/C23H28N6O2/c1-3-29-22-19(14-25-29)21(27-17-9-11-18(28-31)12-10-17)20(13-24-22)23(30)26-15(2)16-7-5-4-6-8-16/h4-8,13-15,17-18H,3,9-12H2,1-2H3,(H,24,27)(H,26,30). The molecule has 0 aliphatic heterocycles. The summed E-state index contributed by atoms with van der Waals surface area (Å²) in [5.41, 5.74) is 3.05. The zero-order chi connectivity index (χ0) is 21.8. The summed E-state index contributed by atoms with van der Waals surface area (Å²) in [6.45, 7) is 4.68. The van der Waals surface area contributed by atoms with Crippen LogP contribution in [0.4, 0.5) is 5.69 Å². The maximum absolute atomic E-state index is 13.2. The quantitative estimate of drug-likeness (QED) is 0.551. The van der Waals surface area contributed by atoms with Gasteiger partial charge in [0, 0.05) is 18.8 Å². The van der Waals surface area contributed by atoms with E-state index in [-0.39, 0.29) is 24.0 Å². The Morgan fingerprint density at radius 3 is 2.61 bits per heavy atom. The molecule has 1 saturated carbocycles. The number of carbonyl (C=O) groups is 1. The Labute approximate surface area is 181 Å². The molecule has 2 aromatic heterocycles. The van der Waals surface area contributed by atoms with Gasteiger partial charge in [0.15, 0.2) is 5.65 Å². The van der Waals surface area contributed by atoms with Gasteiger partial charge in [0.25, 0.3) is 5.91 Å². The number of nitrogens with zero attached hydrogens (tertiary/aromatic N) is 4. The van der Waals surface area contributed by atoms with Crippen molar-refractivity contribution >= 4 is 22.6 Å². The van der Waals surface area contributed by atoms with Gasteiger partial charge in [-0.1, -0.05) is 35.5 Å². The smallest absolute Gasteiger partial charge is 0.255 e. The van der Waals surface area contributed by atoms with E-state index in [1.165, 1.54) is 0 Å². The van der Waals surface area contributed by atoms with Gasteiger partial charge in [0.05, 0.1) is 34.9 Å². The molecule has 0 saturated heterocycles. The molecule has 31 heavy (non-hydrogen) atoms. The number of amides is 1. The minimum atomic E-state index is -0.180. The predicted octanol–water partition coefficient (Wildman–Crippen LogP) is 4.43. The first-order valence-corrected chi connectivity index (χ1v) is 10.9. The van der Waals surface area contributed by atoms with E-state index in [1.807, 2.05) is 48.9 Å². The van der Waals surface area contributed by atoms with Crippen molar-refractivity contribution < 1.29 is 4.79 Å². The Kier molecular flexibility index (Phi) is 6.25. The van der Waals surface area contributed by atoms with Gasteiger partial charge in [-0.15, -0.1) is 0 Å².